The second-order valence-corrected chi connectivity index (χ2v) is 4.05. The van der Waals surface area contributed by atoms with Crippen molar-refractivity contribution in [2.24, 2.45) is 11.7 Å². The molecule has 1 unspecified atom stereocenters. The number of anilines is 1. The van der Waals surface area contributed by atoms with Crippen LogP contribution in [0.2, 0.25) is 0 Å². The molecule has 1 atom stereocenters. The highest BCUT2D eigenvalue weighted by atomic mass is 16.6. The van der Waals surface area contributed by atoms with E-state index in [9.17, 15) is 20.0 Å². The number of nitrogens with zero attached hydrogens (tertiary/aromatic N) is 1. The molecular weight excluding hydrogens is 238 g/mol. The van der Waals surface area contributed by atoms with Crippen LogP contribution < -0.4 is 11.1 Å². The van der Waals surface area contributed by atoms with Gasteiger partial charge >= 0.3 is 0 Å². The number of nitrogens with one attached hydrogen (secondary N) is 1. The summed E-state index contributed by atoms with van der Waals surface area (Å²) in [5.41, 5.74) is 5.22. The number of nitrogens with two attached hydrogens (primary N) is 1. The van der Waals surface area contributed by atoms with Crippen molar-refractivity contribution in [3.8, 4) is 5.75 Å². The SMILES string of the molecule is CC(CN)CC(=O)Nc1cc([N+](=O)[O-])ccc1O. The Labute approximate surface area is 104 Å². The summed E-state index contributed by atoms with van der Waals surface area (Å²) in [4.78, 5) is 21.5. The Balaban J connectivity index is 2.80. The number of rotatable bonds is 5. The smallest absolute Gasteiger partial charge is 0.271 e. The topological polar surface area (TPSA) is 118 Å². The van der Waals surface area contributed by atoms with E-state index in [-0.39, 0.29) is 35.4 Å². The molecule has 0 saturated heterocycles. The van der Waals surface area contributed by atoms with Crippen LogP contribution in [0.4, 0.5) is 11.4 Å². The maximum absolute atomic E-state index is 11.6. The van der Waals surface area contributed by atoms with E-state index in [1.54, 1.807) is 0 Å². The van der Waals surface area contributed by atoms with E-state index in [1.807, 2.05) is 6.92 Å². The largest absolute Gasteiger partial charge is 0.506 e. The molecule has 0 aromatic heterocycles. The number of phenols is 1. The highest BCUT2D eigenvalue weighted by molar-refractivity contribution is 5.92. The molecule has 0 bridgehead atoms. The second-order valence-electron chi connectivity index (χ2n) is 4.05. The van der Waals surface area contributed by atoms with Crippen LogP contribution in [-0.2, 0) is 4.79 Å². The standard InChI is InChI=1S/C11H15N3O4/c1-7(6-12)4-11(16)13-9-5-8(14(17)18)2-3-10(9)15/h2-3,5,7,15H,4,6,12H2,1H3,(H,13,16). The first-order valence-corrected chi connectivity index (χ1v) is 5.41. The Hall–Kier alpha value is -2.15. The van der Waals surface area contributed by atoms with Gasteiger partial charge in [-0.05, 0) is 18.5 Å². The highest BCUT2D eigenvalue weighted by Crippen LogP contribution is 2.27. The van der Waals surface area contributed by atoms with E-state index < -0.39 is 4.92 Å². The number of nitro groups is 1. The minimum atomic E-state index is -0.600. The normalized spacial score (nSPS) is 11.9. The lowest BCUT2D eigenvalue weighted by molar-refractivity contribution is -0.384. The fourth-order valence-corrected chi connectivity index (χ4v) is 1.34. The van der Waals surface area contributed by atoms with Gasteiger partial charge in [0.15, 0.2) is 0 Å². The van der Waals surface area contributed by atoms with Crippen molar-refractivity contribution >= 4 is 17.3 Å². The van der Waals surface area contributed by atoms with Crippen LogP contribution in [0.15, 0.2) is 18.2 Å². The fourth-order valence-electron chi connectivity index (χ4n) is 1.34. The van der Waals surface area contributed by atoms with Crippen molar-refractivity contribution in [2.75, 3.05) is 11.9 Å². The summed E-state index contributed by atoms with van der Waals surface area (Å²) in [6.45, 7) is 2.18. The van der Waals surface area contributed by atoms with Crippen molar-refractivity contribution < 1.29 is 14.8 Å². The zero-order valence-corrected chi connectivity index (χ0v) is 9.92. The zero-order chi connectivity index (χ0) is 13.7. The molecule has 0 fully saturated rings. The van der Waals surface area contributed by atoms with Gasteiger partial charge in [0.05, 0.1) is 10.6 Å². The predicted octanol–water partition coefficient (Wildman–Crippen LogP) is 1.22. The Morgan fingerprint density at radius 3 is 2.83 bits per heavy atom. The minimum absolute atomic E-state index is 0.00541. The molecule has 98 valence electrons. The van der Waals surface area contributed by atoms with Gasteiger partial charge in [-0.2, -0.15) is 0 Å². The average molecular weight is 253 g/mol. The molecule has 7 nitrogen and oxygen atoms in total. The van der Waals surface area contributed by atoms with Crippen molar-refractivity contribution in [1.29, 1.82) is 0 Å². The number of hydrogen-bond donors (Lipinski definition) is 3. The Kier molecular flexibility index (Phi) is 4.61. The van der Waals surface area contributed by atoms with Crippen LogP contribution in [0.25, 0.3) is 0 Å². The number of carbonyl (C=O) groups is 1. The number of carbonyl (C=O) groups excluding carboxylic acids is 1. The molecule has 0 aliphatic carbocycles. The maximum atomic E-state index is 11.6. The van der Waals surface area contributed by atoms with Crippen LogP contribution in [0.3, 0.4) is 0 Å². The average Bonchev–Trinajstić information content (AvgIpc) is 2.31. The molecule has 0 spiro atoms. The number of phenolic OH excluding ortho intramolecular Hbond substituents is 1. The lowest BCUT2D eigenvalue weighted by atomic mass is 10.1. The third kappa shape index (κ3) is 3.70. The van der Waals surface area contributed by atoms with Crippen molar-refractivity contribution in [3.63, 3.8) is 0 Å². The number of aromatic hydroxyl groups is 1. The fraction of sp³-hybridized carbons (Fsp3) is 0.364. The monoisotopic (exact) mass is 253 g/mol. The van der Waals surface area contributed by atoms with Gasteiger partial charge in [-0.1, -0.05) is 6.92 Å². The Morgan fingerprint density at radius 2 is 2.28 bits per heavy atom. The van der Waals surface area contributed by atoms with Gasteiger partial charge in [0.25, 0.3) is 5.69 Å². The molecule has 0 heterocycles. The predicted molar refractivity (Wildman–Crippen MR) is 66.2 cm³/mol. The summed E-state index contributed by atoms with van der Waals surface area (Å²) < 4.78 is 0. The molecule has 1 rings (SSSR count). The summed E-state index contributed by atoms with van der Waals surface area (Å²) in [6, 6.07) is 3.44. The van der Waals surface area contributed by atoms with Crippen LogP contribution >= 0.6 is 0 Å². The third-order valence-electron chi connectivity index (χ3n) is 2.40. The molecular formula is C11H15N3O4. The summed E-state index contributed by atoms with van der Waals surface area (Å²) in [6.07, 6.45) is 0.193. The van der Waals surface area contributed by atoms with Crippen LogP contribution in [0.1, 0.15) is 13.3 Å². The zero-order valence-electron chi connectivity index (χ0n) is 9.92. The first kappa shape index (κ1) is 13.9. The highest BCUT2D eigenvalue weighted by Gasteiger charge is 2.13. The van der Waals surface area contributed by atoms with E-state index in [4.69, 9.17) is 5.73 Å². The third-order valence-corrected chi connectivity index (χ3v) is 2.40. The van der Waals surface area contributed by atoms with Gasteiger partial charge in [0.2, 0.25) is 5.91 Å². The Morgan fingerprint density at radius 1 is 1.61 bits per heavy atom. The molecule has 0 aliphatic heterocycles. The van der Waals surface area contributed by atoms with Crippen LogP contribution in [0, 0.1) is 16.0 Å². The molecule has 18 heavy (non-hydrogen) atoms. The van der Waals surface area contributed by atoms with E-state index in [0.717, 1.165) is 12.1 Å². The summed E-state index contributed by atoms with van der Waals surface area (Å²) >= 11 is 0. The van der Waals surface area contributed by atoms with Crippen LogP contribution in [0.5, 0.6) is 5.75 Å². The maximum Gasteiger partial charge on any atom is 0.271 e. The van der Waals surface area contributed by atoms with Gasteiger partial charge < -0.3 is 16.2 Å². The lowest BCUT2D eigenvalue weighted by Gasteiger charge is -2.10. The molecule has 0 aliphatic rings. The van der Waals surface area contributed by atoms with E-state index >= 15 is 0 Å². The quantitative estimate of drug-likeness (QED) is 0.414. The molecule has 1 amide bonds. The molecule has 0 radical (unpaired) electrons. The van der Waals surface area contributed by atoms with Gasteiger partial charge in [0, 0.05) is 18.6 Å². The number of nitro benzene ring substituents is 1. The van der Waals surface area contributed by atoms with Gasteiger partial charge in [-0.25, -0.2) is 0 Å². The number of non-ortho nitro benzene ring substituents is 1. The first-order valence-electron chi connectivity index (χ1n) is 5.41. The number of amides is 1. The molecule has 4 N–H and O–H groups in total. The molecule has 0 saturated carbocycles. The lowest BCUT2D eigenvalue weighted by Crippen LogP contribution is -2.20. The van der Waals surface area contributed by atoms with E-state index in [0.29, 0.717) is 6.54 Å². The van der Waals surface area contributed by atoms with E-state index in [2.05, 4.69) is 5.32 Å². The van der Waals surface area contributed by atoms with Gasteiger partial charge in [-0.15, -0.1) is 0 Å². The summed E-state index contributed by atoms with van der Waals surface area (Å²) in [5.74, 6) is -0.552. The van der Waals surface area contributed by atoms with Crippen LogP contribution in [-0.4, -0.2) is 22.5 Å². The van der Waals surface area contributed by atoms with Crippen molar-refractivity contribution in [2.45, 2.75) is 13.3 Å². The molecule has 7 heteroatoms. The number of hydrogen-bond acceptors (Lipinski definition) is 5. The van der Waals surface area contributed by atoms with Crippen molar-refractivity contribution in [3.05, 3.63) is 28.3 Å². The van der Waals surface area contributed by atoms with Gasteiger partial charge in [-0.3, -0.25) is 14.9 Å². The Bertz CT molecular complexity index is 462. The van der Waals surface area contributed by atoms with Crippen molar-refractivity contribution in [1.82, 2.24) is 0 Å². The molecule has 1 aromatic rings. The summed E-state index contributed by atoms with van der Waals surface area (Å²) in [7, 11) is 0. The number of benzene rings is 1. The van der Waals surface area contributed by atoms with E-state index in [1.165, 1.54) is 6.07 Å². The first-order chi connectivity index (χ1) is 8.43. The second kappa shape index (κ2) is 5.97. The minimum Gasteiger partial charge on any atom is -0.506 e. The van der Waals surface area contributed by atoms with Gasteiger partial charge in [0.1, 0.15) is 5.75 Å². The molecule has 1 aromatic carbocycles. The summed E-state index contributed by atoms with van der Waals surface area (Å²) in [5, 5.41) is 22.5.